The van der Waals surface area contributed by atoms with Crippen molar-refractivity contribution in [3.63, 3.8) is 0 Å². The van der Waals surface area contributed by atoms with Crippen LogP contribution in [0, 0.1) is 0 Å². The Balaban J connectivity index is 4.49. The summed E-state index contributed by atoms with van der Waals surface area (Å²) in [6, 6.07) is -1.000. The molecule has 0 heterocycles. The molecule has 0 aromatic heterocycles. The summed E-state index contributed by atoms with van der Waals surface area (Å²) < 4.78 is 21.9. The van der Waals surface area contributed by atoms with Gasteiger partial charge in [-0.25, -0.2) is 4.57 Å². The molecule has 45 heavy (non-hydrogen) atoms. The maximum Gasteiger partial charge on any atom is 0.472 e. The minimum Gasteiger partial charge on any atom is -0.393 e. The molecule has 0 saturated heterocycles. The van der Waals surface area contributed by atoms with E-state index in [9.17, 15) is 24.5 Å². The molecule has 0 spiro atoms. The highest BCUT2D eigenvalue weighted by Crippen LogP contribution is 2.43. The summed E-state index contributed by atoms with van der Waals surface area (Å²) in [5.74, 6) is -0.470. The molecule has 0 rings (SSSR count). The lowest BCUT2D eigenvalue weighted by Crippen LogP contribution is -2.46. The zero-order valence-electron chi connectivity index (χ0n) is 28.5. The normalized spacial score (nSPS) is 15.6. The topological polar surface area (TPSA) is 151 Å². The van der Waals surface area contributed by atoms with Gasteiger partial charge in [-0.05, 0) is 57.8 Å². The van der Waals surface area contributed by atoms with E-state index in [-0.39, 0.29) is 19.6 Å². The average molecular weight is 659 g/mol. The van der Waals surface area contributed by atoms with Crippen LogP contribution in [0.2, 0.25) is 0 Å². The van der Waals surface area contributed by atoms with E-state index in [4.69, 9.17) is 14.8 Å². The van der Waals surface area contributed by atoms with Crippen molar-refractivity contribution in [2.45, 2.75) is 161 Å². The van der Waals surface area contributed by atoms with Gasteiger partial charge in [0.05, 0.1) is 37.9 Å². The Morgan fingerprint density at radius 1 is 0.756 bits per heavy atom. The molecule has 0 bridgehead atoms. The Morgan fingerprint density at radius 2 is 1.27 bits per heavy atom. The number of unbranched alkanes of at least 4 members (excludes halogenated alkanes) is 14. The van der Waals surface area contributed by atoms with E-state index in [1.165, 1.54) is 64.2 Å². The van der Waals surface area contributed by atoms with Gasteiger partial charge in [0.1, 0.15) is 0 Å². The van der Waals surface area contributed by atoms with E-state index in [0.29, 0.717) is 12.8 Å². The highest BCUT2D eigenvalue weighted by atomic mass is 31.2. The molecule has 0 aliphatic rings. The predicted octanol–water partition coefficient (Wildman–Crippen LogP) is 7.80. The Kier molecular flexibility index (Phi) is 30.4. The van der Waals surface area contributed by atoms with Crippen molar-refractivity contribution < 1.29 is 33.5 Å². The summed E-state index contributed by atoms with van der Waals surface area (Å²) >= 11 is 0. The standard InChI is InChI=1S/C35H67N2O7P/c1-3-5-7-9-11-13-14-15-16-17-19-20-22-24-26-32(38)30-35(40)37-33(31-44-45(41,42)43-29-28-36)34(39)27-25-23-21-18-12-10-8-6-4-2/h12,16-18,25,27,32-34,38-39H,3-11,13-15,19-24,26,28-31,36H2,1-2H3,(H,37,40)(H,41,42)/b17-16-,18-12+,27-25+. The Labute approximate surface area is 274 Å². The van der Waals surface area contributed by atoms with Crippen LogP contribution >= 0.6 is 7.82 Å². The zero-order valence-corrected chi connectivity index (χ0v) is 29.4. The quantitative estimate of drug-likeness (QED) is 0.0279. The molecule has 10 heteroatoms. The fourth-order valence-electron chi connectivity index (χ4n) is 4.77. The first-order valence-corrected chi connectivity index (χ1v) is 19.2. The number of hydrogen-bond donors (Lipinski definition) is 5. The molecule has 0 aromatic rings. The number of aliphatic hydroxyl groups is 2. The van der Waals surface area contributed by atoms with E-state index in [2.05, 4.69) is 43.5 Å². The number of carbonyl (C=O) groups is 1. The lowest BCUT2D eigenvalue weighted by atomic mass is 10.1. The third kappa shape index (κ3) is 29.8. The molecule has 9 nitrogen and oxygen atoms in total. The number of phosphoric acid groups is 1. The van der Waals surface area contributed by atoms with Crippen LogP contribution in [0.15, 0.2) is 36.5 Å². The maximum absolute atomic E-state index is 12.7. The molecular formula is C35H67N2O7P. The summed E-state index contributed by atoms with van der Waals surface area (Å²) in [5, 5.41) is 23.8. The van der Waals surface area contributed by atoms with E-state index in [0.717, 1.165) is 44.9 Å². The molecule has 4 unspecified atom stereocenters. The number of carbonyl (C=O) groups excluding carboxylic acids is 1. The van der Waals surface area contributed by atoms with E-state index >= 15 is 0 Å². The lowest BCUT2D eigenvalue weighted by molar-refractivity contribution is -0.124. The summed E-state index contributed by atoms with van der Waals surface area (Å²) in [4.78, 5) is 22.5. The SMILES string of the molecule is CCCCC/C=C/CC/C=C/C(O)C(COP(=O)(O)OCCN)NC(=O)CC(O)CCCCC/C=C\CCCCCCCCC. The van der Waals surface area contributed by atoms with Gasteiger partial charge in [0, 0.05) is 6.54 Å². The van der Waals surface area contributed by atoms with Gasteiger partial charge >= 0.3 is 7.82 Å². The summed E-state index contributed by atoms with van der Waals surface area (Å²) in [6.45, 7) is 3.85. The van der Waals surface area contributed by atoms with E-state index < -0.39 is 38.6 Å². The third-order valence-electron chi connectivity index (χ3n) is 7.49. The first-order chi connectivity index (χ1) is 21.8. The smallest absolute Gasteiger partial charge is 0.393 e. The van der Waals surface area contributed by atoms with Crippen LogP contribution in [-0.4, -0.2) is 59.0 Å². The van der Waals surface area contributed by atoms with Gasteiger partial charge in [-0.15, -0.1) is 0 Å². The molecule has 4 atom stereocenters. The van der Waals surface area contributed by atoms with Crippen molar-refractivity contribution in [2.75, 3.05) is 19.8 Å². The molecular weight excluding hydrogens is 591 g/mol. The molecule has 1 amide bonds. The van der Waals surface area contributed by atoms with Gasteiger partial charge in [-0.1, -0.05) is 115 Å². The van der Waals surface area contributed by atoms with Crippen LogP contribution in [0.1, 0.15) is 142 Å². The fraction of sp³-hybridized carbons (Fsp3) is 0.800. The molecule has 264 valence electrons. The van der Waals surface area contributed by atoms with Crippen molar-refractivity contribution in [1.29, 1.82) is 0 Å². The van der Waals surface area contributed by atoms with Crippen LogP contribution in [0.4, 0.5) is 0 Å². The molecule has 6 N–H and O–H groups in total. The number of allylic oxidation sites excluding steroid dienone is 5. The van der Waals surface area contributed by atoms with Crippen LogP contribution in [0.3, 0.4) is 0 Å². The third-order valence-corrected chi connectivity index (χ3v) is 8.48. The molecule has 0 radical (unpaired) electrons. The number of aliphatic hydroxyl groups excluding tert-OH is 2. The Hall–Kier alpha value is -1.32. The second kappa shape index (κ2) is 31.3. The van der Waals surface area contributed by atoms with Crippen molar-refractivity contribution in [3.8, 4) is 0 Å². The zero-order chi connectivity index (χ0) is 33.4. The van der Waals surface area contributed by atoms with Crippen molar-refractivity contribution in [1.82, 2.24) is 5.32 Å². The monoisotopic (exact) mass is 658 g/mol. The first-order valence-electron chi connectivity index (χ1n) is 17.7. The van der Waals surface area contributed by atoms with Crippen molar-refractivity contribution >= 4 is 13.7 Å². The minimum absolute atomic E-state index is 0.0420. The van der Waals surface area contributed by atoms with Crippen LogP contribution in [-0.2, 0) is 18.4 Å². The number of hydrogen-bond acceptors (Lipinski definition) is 7. The van der Waals surface area contributed by atoms with Crippen LogP contribution in [0.5, 0.6) is 0 Å². The largest absolute Gasteiger partial charge is 0.472 e. The Bertz CT molecular complexity index is 822. The molecule has 0 saturated carbocycles. The highest BCUT2D eigenvalue weighted by Gasteiger charge is 2.27. The molecule has 0 aromatic carbocycles. The number of amides is 1. The van der Waals surface area contributed by atoms with E-state index in [1.807, 2.05) is 6.08 Å². The van der Waals surface area contributed by atoms with Gasteiger partial charge in [0.25, 0.3) is 0 Å². The fourth-order valence-corrected chi connectivity index (χ4v) is 5.53. The minimum atomic E-state index is -4.40. The summed E-state index contributed by atoms with van der Waals surface area (Å²) in [5.41, 5.74) is 5.32. The Morgan fingerprint density at radius 3 is 1.89 bits per heavy atom. The number of nitrogens with one attached hydrogen (secondary N) is 1. The first kappa shape index (κ1) is 43.7. The van der Waals surface area contributed by atoms with Gasteiger partial charge in [-0.3, -0.25) is 13.8 Å². The van der Waals surface area contributed by atoms with Crippen molar-refractivity contribution in [2.24, 2.45) is 5.73 Å². The molecule has 0 fully saturated rings. The van der Waals surface area contributed by atoms with Crippen LogP contribution in [0.25, 0.3) is 0 Å². The van der Waals surface area contributed by atoms with Gasteiger partial charge in [-0.2, -0.15) is 0 Å². The van der Waals surface area contributed by atoms with Gasteiger partial charge in [0.15, 0.2) is 0 Å². The molecule has 0 aliphatic heterocycles. The predicted molar refractivity (Wildman–Crippen MR) is 186 cm³/mol. The van der Waals surface area contributed by atoms with Crippen LogP contribution < -0.4 is 11.1 Å². The second-order valence-corrected chi connectivity index (χ2v) is 13.4. The summed E-state index contributed by atoms with van der Waals surface area (Å²) in [7, 11) is -4.40. The second-order valence-electron chi connectivity index (χ2n) is 11.9. The molecule has 0 aliphatic carbocycles. The lowest BCUT2D eigenvalue weighted by Gasteiger charge is -2.24. The highest BCUT2D eigenvalue weighted by molar-refractivity contribution is 7.47. The number of nitrogens with two attached hydrogens (primary N) is 1. The average Bonchev–Trinajstić information content (AvgIpc) is 3.01. The maximum atomic E-state index is 12.7. The summed E-state index contributed by atoms with van der Waals surface area (Å²) in [6.07, 6.45) is 31.0. The number of phosphoric ester groups is 1. The van der Waals surface area contributed by atoms with Crippen molar-refractivity contribution in [3.05, 3.63) is 36.5 Å². The van der Waals surface area contributed by atoms with Gasteiger partial charge < -0.3 is 26.2 Å². The van der Waals surface area contributed by atoms with E-state index in [1.54, 1.807) is 6.08 Å². The number of rotatable bonds is 32. The van der Waals surface area contributed by atoms with Gasteiger partial charge in [0.2, 0.25) is 5.91 Å².